The molecular weight excluding hydrogens is 345 g/mol. The van der Waals surface area contributed by atoms with Crippen molar-refractivity contribution in [2.45, 2.75) is 12.7 Å². The second kappa shape index (κ2) is 7.55. The van der Waals surface area contributed by atoms with E-state index in [4.69, 9.17) is 0 Å². The van der Waals surface area contributed by atoms with Crippen LogP contribution in [0.5, 0.6) is 0 Å². The number of nitro groups is 1. The molecule has 20 heavy (non-hydrogen) atoms. The molecule has 0 unspecified atom stereocenters. The van der Waals surface area contributed by atoms with Crippen molar-refractivity contribution in [3.8, 4) is 0 Å². The Kier molecular flexibility index (Phi) is 6.37. The monoisotopic (exact) mass is 356 g/mol. The quantitative estimate of drug-likeness (QED) is 0.463. The van der Waals surface area contributed by atoms with Gasteiger partial charge in [-0.1, -0.05) is 15.9 Å². The highest BCUT2D eigenvalue weighted by atomic mass is 79.9. The standard InChI is InChI=1S/C11H12BrF3N2O3/c12-10-5-9(17(18)19)2-1-8(10)6-16-3-4-20-7-11(13,14)15/h1-2,5,16H,3-4,6-7H2. The largest absolute Gasteiger partial charge is 0.411 e. The number of alkyl halides is 3. The van der Waals surface area contributed by atoms with Gasteiger partial charge in [-0.2, -0.15) is 13.2 Å². The maximum atomic E-state index is 11.8. The van der Waals surface area contributed by atoms with Crippen LogP contribution in [0.15, 0.2) is 22.7 Å². The molecule has 0 spiro atoms. The Morgan fingerprint density at radius 2 is 2.10 bits per heavy atom. The van der Waals surface area contributed by atoms with E-state index in [-0.39, 0.29) is 18.8 Å². The maximum absolute atomic E-state index is 11.8. The summed E-state index contributed by atoms with van der Waals surface area (Å²) in [6.45, 7) is -0.715. The molecule has 0 fully saturated rings. The van der Waals surface area contributed by atoms with Crippen LogP contribution in [0.4, 0.5) is 18.9 Å². The summed E-state index contributed by atoms with van der Waals surface area (Å²) in [6, 6.07) is 4.31. The molecule has 0 aliphatic heterocycles. The lowest BCUT2D eigenvalue weighted by atomic mass is 10.2. The molecule has 9 heteroatoms. The highest BCUT2D eigenvalue weighted by Crippen LogP contribution is 2.22. The van der Waals surface area contributed by atoms with Crippen molar-refractivity contribution in [1.29, 1.82) is 0 Å². The maximum Gasteiger partial charge on any atom is 0.411 e. The summed E-state index contributed by atoms with van der Waals surface area (Å²) >= 11 is 3.20. The van der Waals surface area contributed by atoms with E-state index in [1.165, 1.54) is 12.1 Å². The smallest absolute Gasteiger partial charge is 0.371 e. The van der Waals surface area contributed by atoms with Crippen molar-refractivity contribution in [2.75, 3.05) is 19.8 Å². The van der Waals surface area contributed by atoms with Crippen LogP contribution < -0.4 is 5.32 Å². The Morgan fingerprint density at radius 3 is 2.65 bits per heavy atom. The first-order chi connectivity index (χ1) is 9.29. The van der Waals surface area contributed by atoms with Crippen LogP contribution in [-0.4, -0.2) is 30.9 Å². The van der Waals surface area contributed by atoms with Gasteiger partial charge in [0.15, 0.2) is 0 Å². The Hall–Kier alpha value is -1.19. The molecule has 0 aliphatic carbocycles. The molecule has 5 nitrogen and oxygen atoms in total. The van der Waals surface area contributed by atoms with Crippen LogP contribution in [0.2, 0.25) is 0 Å². The van der Waals surface area contributed by atoms with Crippen LogP contribution >= 0.6 is 15.9 Å². The van der Waals surface area contributed by atoms with Gasteiger partial charge in [-0.3, -0.25) is 10.1 Å². The minimum Gasteiger partial charge on any atom is -0.371 e. The zero-order valence-electron chi connectivity index (χ0n) is 10.2. The Bertz CT molecular complexity index is 469. The molecule has 0 radical (unpaired) electrons. The van der Waals surface area contributed by atoms with Gasteiger partial charge in [0.1, 0.15) is 6.61 Å². The lowest BCUT2D eigenvalue weighted by molar-refractivity contribution is -0.384. The van der Waals surface area contributed by atoms with E-state index in [9.17, 15) is 23.3 Å². The van der Waals surface area contributed by atoms with E-state index in [1.807, 2.05) is 0 Å². The summed E-state index contributed by atoms with van der Waals surface area (Å²) in [5.74, 6) is 0. The van der Waals surface area contributed by atoms with E-state index in [0.29, 0.717) is 11.0 Å². The predicted molar refractivity (Wildman–Crippen MR) is 69.4 cm³/mol. The van der Waals surface area contributed by atoms with Gasteiger partial charge in [0.2, 0.25) is 0 Å². The lowest BCUT2D eigenvalue weighted by Crippen LogP contribution is -2.23. The van der Waals surface area contributed by atoms with Crippen molar-refractivity contribution in [1.82, 2.24) is 5.32 Å². The number of ether oxygens (including phenoxy) is 1. The minimum atomic E-state index is -4.32. The van der Waals surface area contributed by atoms with Gasteiger partial charge < -0.3 is 10.1 Å². The van der Waals surface area contributed by atoms with Gasteiger partial charge in [-0.05, 0) is 11.6 Å². The van der Waals surface area contributed by atoms with Gasteiger partial charge in [0, 0.05) is 29.7 Å². The van der Waals surface area contributed by atoms with Gasteiger partial charge in [0.05, 0.1) is 11.5 Å². The lowest BCUT2D eigenvalue weighted by Gasteiger charge is -2.09. The number of nitrogens with one attached hydrogen (secondary N) is 1. The van der Waals surface area contributed by atoms with Gasteiger partial charge in [0.25, 0.3) is 5.69 Å². The number of nitro benzene ring substituents is 1. The Morgan fingerprint density at radius 1 is 1.40 bits per heavy atom. The molecule has 0 bridgehead atoms. The highest BCUT2D eigenvalue weighted by molar-refractivity contribution is 9.10. The summed E-state index contributed by atoms with van der Waals surface area (Å²) in [5, 5.41) is 13.4. The van der Waals surface area contributed by atoms with Crippen LogP contribution in [0.3, 0.4) is 0 Å². The highest BCUT2D eigenvalue weighted by Gasteiger charge is 2.27. The fourth-order valence-corrected chi connectivity index (χ4v) is 1.86. The second-order valence-electron chi connectivity index (χ2n) is 3.88. The van der Waals surface area contributed by atoms with E-state index in [2.05, 4.69) is 26.0 Å². The average Bonchev–Trinajstić information content (AvgIpc) is 2.33. The molecule has 112 valence electrons. The summed E-state index contributed by atoms with van der Waals surface area (Å²) in [5.41, 5.74) is 0.737. The molecule has 0 heterocycles. The number of non-ortho nitro benzene ring substituents is 1. The zero-order chi connectivity index (χ0) is 15.2. The van der Waals surface area contributed by atoms with Crippen molar-refractivity contribution < 1.29 is 22.8 Å². The summed E-state index contributed by atoms with van der Waals surface area (Å²) in [6.07, 6.45) is -4.32. The number of nitrogens with zero attached hydrogens (tertiary/aromatic N) is 1. The van der Waals surface area contributed by atoms with Crippen molar-refractivity contribution in [2.24, 2.45) is 0 Å². The molecule has 1 aromatic rings. The molecule has 1 N–H and O–H groups in total. The van der Waals surface area contributed by atoms with E-state index < -0.39 is 17.7 Å². The fourth-order valence-electron chi connectivity index (χ4n) is 1.35. The topological polar surface area (TPSA) is 64.4 Å². The van der Waals surface area contributed by atoms with Crippen molar-refractivity contribution in [3.05, 3.63) is 38.3 Å². The zero-order valence-corrected chi connectivity index (χ0v) is 11.8. The molecule has 0 aliphatic rings. The molecule has 0 aromatic heterocycles. The first kappa shape index (κ1) is 16.9. The molecule has 0 saturated heterocycles. The predicted octanol–water partition coefficient (Wildman–Crippen LogP) is 3.03. The SMILES string of the molecule is O=[N+]([O-])c1ccc(CNCCOCC(F)(F)F)c(Br)c1. The number of benzene rings is 1. The van der Waals surface area contributed by atoms with Crippen LogP contribution in [-0.2, 0) is 11.3 Å². The number of hydrogen-bond acceptors (Lipinski definition) is 4. The molecule has 1 rings (SSSR count). The Labute approximate surface area is 121 Å². The van der Waals surface area contributed by atoms with E-state index >= 15 is 0 Å². The third kappa shape index (κ3) is 6.31. The van der Waals surface area contributed by atoms with E-state index in [1.54, 1.807) is 6.07 Å². The van der Waals surface area contributed by atoms with Crippen molar-refractivity contribution >= 4 is 21.6 Å². The summed E-state index contributed by atoms with van der Waals surface area (Å²) in [7, 11) is 0. The van der Waals surface area contributed by atoms with Crippen LogP contribution in [0.25, 0.3) is 0 Å². The molecular formula is C11H12BrF3N2O3. The number of rotatable bonds is 7. The van der Waals surface area contributed by atoms with Crippen molar-refractivity contribution in [3.63, 3.8) is 0 Å². The minimum absolute atomic E-state index is 0.0332. The molecule has 1 aromatic carbocycles. The molecule has 0 atom stereocenters. The van der Waals surface area contributed by atoms with Crippen LogP contribution in [0, 0.1) is 10.1 Å². The second-order valence-corrected chi connectivity index (χ2v) is 4.73. The first-order valence-corrected chi connectivity index (χ1v) is 6.37. The van der Waals surface area contributed by atoms with E-state index in [0.717, 1.165) is 5.56 Å². The first-order valence-electron chi connectivity index (χ1n) is 5.57. The Balaban J connectivity index is 2.31. The van der Waals surface area contributed by atoms with Gasteiger partial charge >= 0.3 is 6.18 Å². The summed E-state index contributed by atoms with van der Waals surface area (Å²) in [4.78, 5) is 10.0. The molecule has 0 saturated carbocycles. The fraction of sp³-hybridized carbons (Fsp3) is 0.455. The third-order valence-corrected chi connectivity index (χ3v) is 2.99. The van der Waals surface area contributed by atoms with Gasteiger partial charge in [-0.15, -0.1) is 0 Å². The van der Waals surface area contributed by atoms with Crippen LogP contribution in [0.1, 0.15) is 5.56 Å². The third-order valence-electron chi connectivity index (χ3n) is 2.25. The average molecular weight is 357 g/mol. The summed E-state index contributed by atoms with van der Waals surface area (Å²) < 4.78 is 40.3. The normalized spacial score (nSPS) is 11.6. The van der Waals surface area contributed by atoms with Gasteiger partial charge in [-0.25, -0.2) is 0 Å². The number of hydrogen-bond donors (Lipinski definition) is 1. The number of halogens is 4. The molecule has 0 amide bonds.